The zero-order valence-corrected chi connectivity index (χ0v) is 10.3. The quantitative estimate of drug-likeness (QED) is 0.795. The highest BCUT2D eigenvalue weighted by atomic mass is 35.5. The van der Waals surface area contributed by atoms with Crippen LogP contribution >= 0.6 is 11.6 Å². The zero-order valence-electron chi connectivity index (χ0n) is 9.52. The van der Waals surface area contributed by atoms with Crippen molar-refractivity contribution in [3.05, 3.63) is 17.5 Å². The van der Waals surface area contributed by atoms with Crippen LogP contribution in [0.2, 0.25) is 5.28 Å². The molecule has 1 aliphatic heterocycles. The highest BCUT2D eigenvalue weighted by Gasteiger charge is 2.61. The summed E-state index contributed by atoms with van der Waals surface area (Å²) in [5.41, 5.74) is 0.608. The molecule has 1 aliphatic carbocycles. The van der Waals surface area contributed by atoms with E-state index in [9.17, 15) is 5.26 Å². The second-order valence-corrected chi connectivity index (χ2v) is 5.44. The van der Waals surface area contributed by atoms with Gasteiger partial charge in [0.25, 0.3) is 0 Å². The number of anilines is 1. The average Bonchev–Trinajstić information content (AvgIpc) is 2.77. The number of fused-ring (bicyclic) bond motifs is 2. The standard InChI is InChI=1S/C12H10ClN5/c13-11-16-9-8(1-2-15-9)10(17-11)18-4-7-3-12(7,5-14)6-18/h1-2,7H,3-4,6H2,(H,15,16,17). The van der Waals surface area contributed by atoms with Crippen molar-refractivity contribution in [1.29, 1.82) is 5.26 Å². The minimum absolute atomic E-state index is 0.139. The third kappa shape index (κ3) is 1.21. The third-order valence-electron chi connectivity index (χ3n) is 4.04. The molecule has 0 radical (unpaired) electrons. The Balaban J connectivity index is 1.80. The topological polar surface area (TPSA) is 68.6 Å². The Morgan fingerprint density at radius 3 is 3.22 bits per heavy atom. The monoisotopic (exact) mass is 259 g/mol. The van der Waals surface area contributed by atoms with Gasteiger partial charge in [0.15, 0.2) is 0 Å². The summed E-state index contributed by atoms with van der Waals surface area (Å²) in [5, 5.41) is 10.4. The molecule has 2 atom stereocenters. The minimum atomic E-state index is -0.139. The van der Waals surface area contributed by atoms with Gasteiger partial charge in [-0.3, -0.25) is 0 Å². The summed E-state index contributed by atoms with van der Waals surface area (Å²) in [6, 6.07) is 4.39. The molecule has 0 aromatic carbocycles. The van der Waals surface area contributed by atoms with Gasteiger partial charge in [-0.15, -0.1) is 0 Å². The van der Waals surface area contributed by atoms with E-state index in [2.05, 4.69) is 25.9 Å². The number of hydrogen-bond donors (Lipinski definition) is 1. The predicted octanol–water partition coefficient (Wildman–Crippen LogP) is 1.96. The Bertz CT molecular complexity index is 687. The van der Waals surface area contributed by atoms with Crippen molar-refractivity contribution in [2.24, 2.45) is 11.3 Å². The van der Waals surface area contributed by atoms with E-state index in [1.807, 2.05) is 12.3 Å². The van der Waals surface area contributed by atoms with Gasteiger partial charge in [-0.05, 0) is 30.0 Å². The van der Waals surface area contributed by atoms with Crippen LogP contribution < -0.4 is 4.90 Å². The molecule has 2 unspecified atom stereocenters. The van der Waals surface area contributed by atoms with E-state index in [-0.39, 0.29) is 10.7 Å². The maximum absolute atomic E-state index is 9.22. The molecule has 5 nitrogen and oxygen atoms in total. The van der Waals surface area contributed by atoms with Gasteiger partial charge in [0, 0.05) is 19.3 Å². The molecule has 3 heterocycles. The number of hydrogen-bond acceptors (Lipinski definition) is 4. The first-order chi connectivity index (χ1) is 8.72. The molecule has 2 aromatic heterocycles. The Labute approximate surface area is 108 Å². The first-order valence-corrected chi connectivity index (χ1v) is 6.26. The molecule has 1 saturated carbocycles. The first-order valence-electron chi connectivity index (χ1n) is 5.89. The van der Waals surface area contributed by atoms with E-state index >= 15 is 0 Å². The van der Waals surface area contributed by atoms with E-state index < -0.39 is 0 Å². The van der Waals surface area contributed by atoms with Gasteiger partial charge in [-0.1, -0.05) is 0 Å². The van der Waals surface area contributed by atoms with Crippen LogP contribution in [0.1, 0.15) is 6.42 Å². The van der Waals surface area contributed by atoms with Gasteiger partial charge in [0.1, 0.15) is 11.5 Å². The SMILES string of the molecule is N#CC12CC1CN(c1nc(Cl)nc3[nH]ccc13)C2. The first kappa shape index (κ1) is 10.2. The fourth-order valence-corrected chi connectivity index (χ4v) is 3.12. The number of piperidine rings is 1. The molecule has 0 spiro atoms. The van der Waals surface area contributed by atoms with Crippen LogP contribution in [-0.4, -0.2) is 28.0 Å². The van der Waals surface area contributed by atoms with Gasteiger partial charge in [-0.2, -0.15) is 15.2 Å². The molecule has 18 heavy (non-hydrogen) atoms. The van der Waals surface area contributed by atoms with Gasteiger partial charge < -0.3 is 9.88 Å². The second-order valence-electron chi connectivity index (χ2n) is 5.11. The number of halogens is 1. The highest BCUT2D eigenvalue weighted by molar-refractivity contribution is 6.28. The van der Waals surface area contributed by atoms with Crippen LogP contribution in [0.5, 0.6) is 0 Å². The Morgan fingerprint density at radius 1 is 1.56 bits per heavy atom. The number of nitrogens with one attached hydrogen (secondary N) is 1. The molecule has 90 valence electrons. The Morgan fingerprint density at radius 2 is 2.44 bits per heavy atom. The van der Waals surface area contributed by atoms with Crippen LogP contribution in [0.3, 0.4) is 0 Å². The molecule has 2 aromatic rings. The van der Waals surface area contributed by atoms with Crippen LogP contribution in [0.4, 0.5) is 5.82 Å². The van der Waals surface area contributed by atoms with Crippen LogP contribution in [0.15, 0.2) is 12.3 Å². The highest BCUT2D eigenvalue weighted by Crippen LogP contribution is 2.58. The van der Waals surface area contributed by atoms with E-state index in [1.54, 1.807) is 0 Å². The number of nitrogens with zero attached hydrogens (tertiary/aromatic N) is 4. The van der Waals surface area contributed by atoms with Crippen LogP contribution in [-0.2, 0) is 0 Å². The van der Waals surface area contributed by atoms with Crippen molar-refractivity contribution >= 4 is 28.5 Å². The lowest BCUT2D eigenvalue weighted by Gasteiger charge is -2.20. The summed E-state index contributed by atoms with van der Waals surface area (Å²) in [6.07, 6.45) is 2.85. The van der Waals surface area contributed by atoms with E-state index in [1.165, 1.54) is 0 Å². The fraction of sp³-hybridized carbons (Fsp3) is 0.417. The second kappa shape index (κ2) is 3.15. The smallest absolute Gasteiger partial charge is 0.226 e. The molecule has 1 N–H and O–H groups in total. The van der Waals surface area contributed by atoms with E-state index in [0.717, 1.165) is 36.4 Å². The van der Waals surface area contributed by atoms with Gasteiger partial charge in [0.05, 0.1) is 16.9 Å². The van der Waals surface area contributed by atoms with Gasteiger partial charge in [0.2, 0.25) is 5.28 Å². The summed E-state index contributed by atoms with van der Waals surface area (Å²) in [4.78, 5) is 13.7. The van der Waals surface area contributed by atoms with Crippen LogP contribution in [0.25, 0.3) is 11.0 Å². The van der Waals surface area contributed by atoms with Crippen molar-refractivity contribution in [2.45, 2.75) is 6.42 Å². The summed E-state index contributed by atoms with van der Waals surface area (Å²) >= 11 is 5.94. The van der Waals surface area contributed by atoms with Crippen molar-refractivity contribution in [3.63, 3.8) is 0 Å². The Kier molecular flexibility index (Phi) is 1.78. The average molecular weight is 260 g/mol. The normalized spacial score (nSPS) is 29.3. The van der Waals surface area contributed by atoms with Gasteiger partial charge in [-0.25, -0.2) is 0 Å². The molecular formula is C12H10ClN5. The maximum Gasteiger partial charge on any atom is 0.226 e. The Hall–Kier alpha value is -1.80. The van der Waals surface area contributed by atoms with E-state index in [0.29, 0.717) is 5.92 Å². The number of H-pyrrole nitrogens is 1. The molecule has 2 fully saturated rings. The largest absolute Gasteiger partial charge is 0.354 e. The molecule has 2 aliphatic rings. The number of aromatic amines is 1. The molecule has 4 rings (SSSR count). The van der Waals surface area contributed by atoms with Crippen molar-refractivity contribution in [1.82, 2.24) is 15.0 Å². The number of aromatic nitrogens is 3. The third-order valence-corrected chi connectivity index (χ3v) is 4.21. The summed E-state index contributed by atoms with van der Waals surface area (Å²) in [6.45, 7) is 1.64. The van der Waals surface area contributed by atoms with Gasteiger partial charge >= 0.3 is 0 Å². The summed E-state index contributed by atoms with van der Waals surface area (Å²) < 4.78 is 0. The number of nitriles is 1. The molecule has 0 bridgehead atoms. The number of rotatable bonds is 1. The fourth-order valence-electron chi connectivity index (χ4n) is 2.96. The van der Waals surface area contributed by atoms with E-state index in [4.69, 9.17) is 11.6 Å². The lowest BCUT2D eigenvalue weighted by atomic mass is 10.1. The van der Waals surface area contributed by atoms with Crippen LogP contribution in [0, 0.1) is 22.7 Å². The summed E-state index contributed by atoms with van der Waals surface area (Å²) in [5.74, 6) is 1.33. The minimum Gasteiger partial charge on any atom is -0.354 e. The lowest BCUT2D eigenvalue weighted by molar-refractivity contribution is 0.693. The molecule has 0 amide bonds. The zero-order chi connectivity index (χ0) is 12.3. The lowest BCUT2D eigenvalue weighted by Crippen LogP contribution is -2.25. The molecular weight excluding hydrogens is 250 g/mol. The summed E-state index contributed by atoms with van der Waals surface area (Å²) in [7, 11) is 0. The van der Waals surface area contributed by atoms with Crippen molar-refractivity contribution < 1.29 is 0 Å². The van der Waals surface area contributed by atoms with Crippen molar-refractivity contribution in [2.75, 3.05) is 18.0 Å². The molecule has 1 saturated heterocycles. The molecule has 6 heteroatoms. The predicted molar refractivity (Wildman–Crippen MR) is 67.3 cm³/mol. The van der Waals surface area contributed by atoms with Crippen molar-refractivity contribution in [3.8, 4) is 6.07 Å². The maximum atomic E-state index is 9.22.